The van der Waals surface area contributed by atoms with E-state index in [4.69, 9.17) is 0 Å². The molecule has 5 aliphatic rings. The molecule has 0 aromatic heterocycles. The van der Waals surface area contributed by atoms with Crippen LogP contribution in [0.4, 0.5) is 0 Å². The highest BCUT2D eigenvalue weighted by Crippen LogP contribution is 2.44. The molecule has 172 valence electrons. The molecule has 0 radical (unpaired) electrons. The van der Waals surface area contributed by atoms with Gasteiger partial charge in [0.15, 0.2) is 0 Å². The molecule has 2 saturated heterocycles. The molecule has 31 heavy (non-hydrogen) atoms. The van der Waals surface area contributed by atoms with Gasteiger partial charge in [0, 0.05) is 49.8 Å². The van der Waals surface area contributed by atoms with Gasteiger partial charge in [-0.3, -0.25) is 9.59 Å². The molecule has 6 heteroatoms. The number of hydrogen-bond donors (Lipinski definition) is 2. The van der Waals surface area contributed by atoms with E-state index in [1.54, 1.807) is 4.90 Å². The van der Waals surface area contributed by atoms with Gasteiger partial charge in [-0.25, -0.2) is 0 Å². The number of piperazine rings is 1. The molecule has 0 bridgehead atoms. The van der Waals surface area contributed by atoms with Gasteiger partial charge in [0.05, 0.1) is 0 Å². The van der Waals surface area contributed by atoms with Crippen LogP contribution in [-0.2, 0) is 9.59 Å². The number of carbonyl (C=O) groups excluding carboxylic acids is 2. The van der Waals surface area contributed by atoms with Crippen molar-refractivity contribution < 1.29 is 14.7 Å². The first-order valence-corrected chi connectivity index (χ1v) is 12.7. The quantitative estimate of drug-likeness (QED) is 0.724. The van der Waals surface area contributed by atoms with Crippen LogP contribution < -0.4 is 5.32 Å². The minimum Gasteiger partial charge on any atom is -0.386 e. The van der Waals surface area contributed by atoms with Crippen molar-refractivity contribution >= 4 is 11.8 Å². The number of allylic oxidation sites excluding steroid dienone is 1. The van der Waals surface area contributed by atoms with Crippen molar-refractivity contribution in [3.05, 3.63) is 12.3 Å². The minimum atomic E-state index is -1.10. The van der Waals surface area contributed by atoms with E-state index in [1.165, 1.54) is 37.8 Å². The third-order valence-electron chi connectivity index (χ3n) is 8.97. The monoisotopic (exact) mass is 429 g/mol. The Labute approximate surface area is 186 Å². The molecular weight excluding hydrogens is 390 g/mol. The standard InChI is InChI=1S/C25H39N3O3/c1-17-21(16-20-4-2-3-5-22(20)26-17)18-6-8-19(9-7-18)23(29)27-12-14-28(15-13-27)24(30)25(31)10-11-25/h18-22,26,31H,1-16H2. The smallest absolute Gasteiger partial charge is 0.254 e. The highest BCUT2D eigenvalue weighted by molar-refractivity contribution is 5.88. The Kier molecular flexibility index (Phi) is 5.78. The van der Waals surface area contributed by atoms with Gasteiger partial charge in [0.25, 0.3) is 5.91 Å². The molecule has 0 spiro atoms. The molecule has 0 aromatic carbocycles. The van der Waals surface area contributed by atoms with Crippen LogP contribution in [0.5, 0.6) is 0 Å². The van der Waals surface area contributed by atoms with Gasteiger partial charge in [0.2, 0.25) is 5.91 Å². The molecule has 3 unspecified atom stereocenters. The number of rotatable bonds is 3. The van der Waals surface area contributed by atoms with Gasteiger partial charge >= 0.3 is 0 Å². The van der Waals surface area contributed by atoms with Crippen LogP contribution >= 0.6 is 0 Å². The second-order valence-corrected chi connectivity index (χ2v) is 10.9. The number of carbonyl (C=O) groups is 2. The van der Waals surface area contributed by atoms with Crippen molar-refractivity contribution in [3.63, 3.8) is 0 Å². The Hall–Kier alpha value is -1.56. The zero-order chi connectivity index (χ0) is 21.6. The second kappa shape index (κ2) is 8.42. The van der Waals surface area contributed by atoms with E-state index >= 15 is 0 Å². The Morgan fingerprint density at radius 3 is 2.23 bits per heavy atom. The second-order valence-electron chi connectivity index (χ2n) is 10.9. The van der Waals surface area contributed by atoms with Crippen LogP contribution in [0.15, 0.2) is 12.3 Å². The molecule has 2 amide bonds. The zero-order valence-corrected chi connectivity index (χ0v) is 18.9. The Morgan fingerprint density at radius 2 is 1.55 bits per heavy atom. The number of nitrogens with one attached hydrogen (secondary N) is 1. The van der Waals surface area contributed by atoms with Crippen LogP contribution in [0.2, 0.25) is 0 Å². The molecule has 0 aromatic rings. The van der Waals surface area contributed by atoms with E-state index in [-0.39, 0.29) is 17.7 Å². The summed E-state index contributed by atoms with van der Waals surface area (Å²) in [7, 11) is 0. The first kappa shape index (κ1) is 21.3. The summed E-state index contributed by atoms with van der Waals surface area (Å²) >= 11 is 0. The summed E-state index contributed by atoms with van der Waals surface area (Å²) in [5.74, 6) is 2.35. The van der Waals surface area contributed by atoms with Gasteiger partial charge < -0.3 is 20.2 Å². The molecule has 6 nitrogen and oxygen atoms in total. The lowest BCUT2D eigenvalue weighted by atomic mass is 9.67. The van der Waals surface area contributed by atoms with E-state index in [1.807, 2.05) is 4.90 Å². The topological polar surface area (TPSA) is 72.9 Å². The third kappa shape index (κ3) is 4.24. The third-order valence-corrected chi connectivity index (χ3v) is 8.97. The maximum Gasteiger partial charge on any atom is 0.254 e. The molecule has 3 saturated carbocycles. The number of nitrogens with zero attached hydrogens (tertiary/aromatic N) is 2. The SMILES string of the molecule is C=C1NC2CCCCC2CC1C1CCC(C(=O)N2CCN(C(=O)C3(O)CC3)CC2)CC1. The molecule has 3 atom stereocenters. The summed E-state index contributed by atoms with van der Waals surface area (Å²) in [4.78, 5) is 29.1. The average Bonchev–Trinajstić information content (AvgIpc) is 3.56. The van der Waals surface area contributed by atoms with Gasteiger partial charge in [-0.1, -0.05) is 19.4 Å². The number of piperidine rings is 1. The van der Waals surface area contributed by atoms with Crippen LogP contribution in [0, 0.1) is 23.7 Å². The lowest BCUT2D eigenvalue weighted by Crippen LogP contribution is -2.54. The number of aliphatic hydroxyl groups is 1. The Balaban J connectivity index is 1.09. The van der Waals surface area contributed by atoms with Crippen molar-refractivity contribution in [1.82, 2.24) is 15.1 Å². The van der Waals surface area contributed by atoms with E-state index in [2.05, 4.69) is 11.9 Å². The van der Waals surface area contributed by atoms with E-state index < -0.39 is 5.60 Å². The summed E-state index contributed by atoms with van der Waals surface area (Å²) < 4.78 is 0. The fourth-order valence-corrected chi connectivity index (χ4v) is 6.75. The Bertz CT molecular complexity index is 718. The first-order valence-electron chi connectivity index (χ1n) is 12.7. The molecule has 2 aliphatic heterocycles. The highest BCUT2D eigenvalue weighted by atomic mass is 16.3. The van der Waals surface area contributed by atoms with Crippen molar-refractivity contribution in [2.75, 3.05) is 26.2 Å². The summed E-state index contributed by atoms with van der Waals surface area (Å²) in [6.45, 7) is 6.71. The van der Waals surface area contributed by atoms with Crippen molar-refractivity contribution in [2.45, 2.75) is 82.3 Å². The van der Waals surface area contributed by atoms with Crippen LogP contribution in [0.25, 0.3) is 0 Å². The number of hydrogen-bond acceptors (Lipinski definition) is 4. The first-order chi connectivity index (χ1) is 14.9. The zero-order valence-electron chi connectivity index (χ0n) is 18.9. The van der Waals surface area contributed by atoms with Gasteiger partial charge in [-0.05, 0) is 69.6 Å². The number of amides is 2. The highest BCUT2D eigenvalue weighted by Gasteiger charge is 2.50. The molecular formula is C25H39N3O3. The van der Waals surface area contributed by atoms with Gasteiger partial charge in [-0.2, -0.15) is 0 Å². The van der Waals surface area contributed by atoms with Gasteiger partial charge in [-0.15, -0.1) is 0 Å². The van der Waals surface area contributed by atoms with Crippen LogP contribution in [0.1, 0.15) is 70.6 Å². The summed E-state index contributed by atoms with van der Waals surface area (Å²) in [5, 5.41) is 13.8. The lowest BCUT2D eigenvalue weighted by Gasteiger charge is -2.46. The summed E-state index contributed by atoms with van der Waals surface area (Å²) in [5.41, 5.74) is 0.163. The number of fused-ring (bicyclic) bond motifs is 1. The molecule has 2 heterocycles. The Morgan fingerprint density at radius 1 is 0.903 bits per heavy atom. The largest absolute Gasteiger partial charge is 0.386 e. The normalized spacial score (nSPS) is 37.6. The molecule has 5 rings (SSSR count). The van der Waals surface area contributed by atoms with Crippen LogP contribution in [0.3, 0.4) is 0 Å². The molecule has 3 aliphatic carbocycles. The van der Waals surface area contributed by atoms with E-state index in [0.717, 1.165) is 31.6 Å². The van der Waals surface area contributed by atoms with E-state index in [9.17, 15) is 14.7 Å². The maximum absolute atomic E-state index is 13.1. The molecule has 5 fully saturated rings. The lowest BCUT2D eigenvalue weighted by molar-refractivity contribution is -0.148. The van der Waals surface area contributed by atoms with Crippen LogP contribution in [-0.4, -0.2) is 64.5 Å². The predicted molar refractivity (Wildman–Crippen MR) is 119 cm³/mol. The minimum absolute atomic E-state index is 0.137. The summed E-state index contributed by atoms with van der Waals surface area (Å²) in [6.07, 6.45) is 12.1. The van der Waals surface area contributed by atoms with E-state index in [0.29, 0.717) is 56.9 Å². The van der Waals surface area contributed by atoms with Crippen molar-refractivity contribution in [1.29, 1.82) is 0 Å². The fourth-order valence-electron chi connectivity index (χ4n) is 6.75. The predicted octanol–water partition coefficient (Wildman–Crippen LogP) is 2.67. The van der Waals surface area contributed by atoms with Crippen molar-refractivity contribution in [3.8, 4) is 0 Å². The fraction of sp³-hybridized carbons (Fsp3) is 0.840. The van der Waals surface area contributed by atoms with Crippen molar-refractivity contribution in [2.24, 2.45) is 23.7 Å². The maximum atomic E-state index is 13.1. The average molecular weight is 430 g/mol. The summed E-state index contributed by atoms with van der Waals surface area (Å²) in [6, 6.07) is 0.654. The van der Waals surface area contributed by atoms with Gasteiger partial charge in [0.1, 0.15) is 5.60 Å². The molecule has 2 N–H and O–H groups in total.